The molecule has 1 aliphatic carbocycles. The van der Waals surface area contributed by atoms with E-state index in [4.69, 9.17) is 0 Å². The second kappa shape index (κ2) is 7.95. The monoisotopic (exact) mass is 400 g/mol. The number of fused-ring (bicyclic) bond motifs is 1. The second-order valence-electron chi connectivity index (χ2n) is 7.66. The van der Waals surface area contributed by atoms with E-state index < -0.39 is 10.0 Å². The number of benzene rings is 2. The molecule has 0 heterocycles. The first-order valence-electron chi connectivity index (χ1n) is 9.62. The van der Waals surface area contributed by atoms with E-state index in [9.17, 15) is 13.2 Å². The van der Waals surface area contributed by atoms with Gasteiger partial charge in [0, 0.05) is 0 Å². The van der Waals surface area contributed by atoms with Crippen molar-refractivity contribution >= 4 is 21.6 Å². The van der Waals surface area contributed by atoms with Crippen molar-refractivity contribution in [3.8, 4) is 0 Å². The van der Waals surface area contributed by atoms with Crippen molar-refractivity contribution in [2.45, 2.75) is 46.1 Å². The zero-order chi connectivity index (χ0) is 20.5. The van der Waals surface area contributed by atoms with Crippen LogP contribution in [0.3, 0.4) is 0 Å². The Balaban J connectivity index is 1.76. The highest BCUT2D eigenvalue weighted by atomic mass is 32.2. The number of nitrogens with zero attached hydrogens (tertiary/aromatic N) is 1. The maximum absolute atomic E-state index is 12.7. The molecule has 5 nitrogen and oxygen atoms in total. The third kappa shape index (κ3) is 4.38. The molecule has 0 bridgehead atoms. The van der Waals surface area contributed by atoms with Crippen molar-refractivity contribution in [1.82, 2.24) is 5.32 Å². The topological polar surface area (TPSA) is 66.5 Å². The van der Waals surface area contributed by atoms with E-state index in [-0.39, 0.29) is 18.5 Å². The first-order valence-corrected chi connectivity index (χ1v) is 11.5. The van der Waals surface area contributed by atoms with Crippen LogP contribution in [0.15, 0.2) is 36.4 Å². The van der Waals surface area contributed by atoms with Gasteiger partial charge in [0.2, 0.25) is 15.9 Å². The van der Waals surface area contributed by atoms with E-state index in [1.807, 2.05) is 32.9 Å². The summed E-state index contributed by atoms with van der Waals surface area (Å²) in [4.78, 5) is 12.7. The number of carbonyl (C=O) groups excluding carboxylic acids is 1. The molecular weight excluding hydrogens is 372 g/mol. The van der Waals surface area contributed by atoms with E-state index in [1.165, 1.54) is 21.9 Å². The van der Waals surface area contributed by atoms with Crippen LogP contribution in [0.25, 0.3) is 0 Å². The Morgan fingerprint density at radius 1 is 1.14 bits per heavy atom. The molecule has 0 radical (unpaired) electrons. The van der Waals surface area contributed by atoms with Gasteiger partial charge < -0.3 is 5.32 Å². The van der Waals surface area contributed by atoms with Gasteiger partial charge in [0.05, 0.1) is 18.0 Å². The highest BCUT2D eigenvalue weighted by Gasteiger charge is 2.24. The van der Waals surface area contributed by atoms with Crippen LogP contribution < -0.4 is 9.62 Å². The summed E-state index contributed by atoms with van der Waals surface area (Å²) in [5, 5.41) is 2.95. The minimum Gasteiger partial charge on any atom is -0.348 e. The van der Waals surface area contributed by atoms with Crippen LogP contribution in [0.4, 0.5) is 5.69 Å². The third-order valence-corrected chi connectivity index (χ3v) is 6.66. The van der Waals surface area contributed by atoms with Gasteiger partial charge in [0.15, 0.2) is 0 Å². The summed E-state index contributed by atoms with van der Waals surface area (Å²) < 4.78 is 25.9. The van der Waals surface area contributed by atoms with Crippen LogP contribution >= 0.6 is 0 Å². The smallest absolute Gasteiger partial charge is 0.241 e. The molecule has 1 aliphatic rings. The molecule has 0 saturated carbocycles. The summed E-state index contributed by atoms with van der Waals surface area (Å²) in [6, 6.07) is 11.6. The number of carbonyl (C=O) groups is 1. The Morgan fingerprint density at radius 2 is 1.86 bits per heavy atom. The number of aryl methyl sites for hydroxylation is 3. The highest BCUT2D eigenvalue weighted by molar-refractivity contribution is 7.92. The molecule has 1 N–H and O–H groups in total. The van der Waals surface area contributed by atoms with Crippen LogP contribution in [-0.4, -0.2) is 27.1 Å². The number of sulfonamides is 1. The van der Waals surface area contributed by atoms with E-state index in [2.05, 4.69) is 17.4 Å². The number of rotatable bonds is 6. The van der Waals surface area contributed by atoms with Crippen molar-refractivity contribution in [3.63, 3.8) is 0 Å². The van der Waals surface area contributed by atoms with Crippen molar-refractivity contribution in [2.75, 3.05) is 17.1 Å². The Bertz CT molecular complexity index is 999. The number of nitrogens with one attached hydrogen (secondary N) is 1. The van der Waals surface area contributed by atoms with E-state index in [0.717, 1.165) is 35.8 Å². The molecule has 2 aromatic carbocycles. The lowest BCUT2D eigenvalue weighted by Crippen LogP contribution is -2.41. The van der Waals surface area contributed by atoms with Crippen LogP contribution in [-0.2, 0) is 27.7 Å². The number of anilines is 1. The highest BCUT2D eigenvalue weighted by Crippen LogP contribution is 2.26. The maximum atomic E-state index is 12.7. The van der Waals surface area contributed by atoms with Gasteiger partial charge in [-0.1, -0.05) is 30.3 Å². The van der Waals surface area contributed by atoms with E-state index in [0.29, 0.717) is 5.69 Å². The summed E-state index contributed by atoms with van der Waals surface area (Å²) >= 11 is 0. The number of amides is 1. The van der Waals surface area contributed by atoms with Gasteiger partial charge in [-0.3, -0.25) is 9.10 Å². The first-order chi connectivity index (χ1) is 13.2. The van der Waals surface area contributed by atoms with Crippen LogP contribution in [0.5, 0.6) is 0 Å². The Labute approximate surface area is 167 Å². The standard InChI is InChI=1S/C22H28N2O3S/c1-15-7-5-10-21(16(15)2)24(28(4,26)27)14-22(25)23-17(3)19-12-11-18-8-6-9-20(18)13-19/h5,7,10-13,17H,6,8-9,14H2,1-4H3,(H,23,25). The molecule has 28 heavy (non-hydrogen) atoms. The van der Waals surface area contributed by atoms with Gasteiger partial charge in [0.25, 0.3) is 0 Å². The largest absolute Gasteiger partial charge is 0.348 e. The Hall–Kier alpha value is -2.34. The number of hydrogen-bond donors (Lipinski definition) is 1. The van der Waals surface area contributed by atoms with Gasteiger partial charge in [-0.25, -0.2) is 8.42 Å². The van der Waals surface area contributed by atoms with Crippen molar-refractivity contribution in [1.29, 1.82) is 0 Å². The average molecular weight is 401 g/mol. The van der Waals surface area contributed by atoms with Gasteiger partial charge in [0.1, 0.15) is 6.54 Å². The zero-order valence-electron chi connectivity index (χ0n) is 17.0. The minimum absolute atomic E-state index is 0.182. The zero-order valence-corrected chi connectivity index (χ0v) is 17.8. The molecule has 1 unspecified atom stereocenters. The summed E-state index contributed by atoms with van der Waals surface area (Å²) in [5.41, 5.74) is 6.17. The lowest BCUT2D eigenvalue weighted by Gasteiger charge is -2.25. The predicted molar refractivity (Wildman–Crippen MR) is 113 cm³/mol. The average Bonchev–Trinajstić information content (AvgIpc) is 3.09. The molecule has 2 aromatic rings. The molecule has 0 spiro atoms. The van der Waals surface area contributed by atoms with Crippen molar-refractivity contribution in [2.24, 2.45) is 0 Å². The molecule has 0 saturated heterocycles. The summed E-state index contributed by atoms with van der Waals surface area (Å²) in [6.45, 7) is 5.49. The van der Waals surface area contributed by atoms with Crippen LogP contribution in [0.1, 0.15) is 47.2 Å². The Kier molecular flexibility index (Phi) is 5.79. The van der Waals surface area contributed by atoms with Crippen LogP contribution in [0, 0.1) is 13.8 Å². The quantitative estimate of drug-likeness (QED) is 0.808. The third-order valence-electron chi connectivity index (χ3n) is 5.53. The second-order valence-corrected chi connectivity index (χ2v) is 9.57. The predicted octanol–water partition coefficient (Wildman–Crippen LogP) is 3.44. The van der Waals surface area contributed by atoms with Gasteiger partial charge in [-0.2, -0.15) is 0 Å². The van der Waals surface area contributed by atoms with Gasteiger partial charge >= 0.3 is 0 Å². The fourth-order valence-electron chi connectivity index (χ4n) is 3.75. The molecule has 0 aliphatic heterocycles. The molecule has 0 fully saturated rings. The molecule has 1 amide bonds. The lowest BCUT2D eigenvalue weighted by atomic mass is 10.0. The van der Waals surface area contributed by atoms with E-state index >= 15 is 0 Å². The normalized spacial score (nSPS) is 14.4. The lowest BCUT2D eigenvalue weighted by molar-refractivity contribution is -0.120. The summed E-state index contributed by atoms with van der Waals surface area (Å²) in [6.07, 6.45) is 4.51. The van der Waals surface area contributed by atoms with Crippen LogP contribution in [0.2, 0.25) is 0 Å². The van der Waals surface area contributed by atoms with E-state index in [1.54, 1.807) is 12.1 Å². The first kappa shape index (κ1) is 20.4. The SMILES string of the molecule is Cc1cccc(N(CC(=O)NC(C)c2ccc3c(c2)CCC3)S(C)(=O)=O)c1C. The molecule has 0 aromatic heterocycles. The van der Waals surface area contributed by atoms with Gasteiger partial charge in [-0.05, 0) is 73.9 Å². The molecular formula is C22H28N2O3S. The molecule has 150 valence electrons. The maximum Gasteiger partial charge on any atom is 0.241 e. The Morgan fingerprint density at radius 3 is 2.57 bits per heavy atom. The van der Waals surface area contributed by atoms with Gasteiger partial charge in [-0.15, -0.1) is 0 Å². The molecule has 1 atom stereocenters. The van der Waals surface area contributed by atoms with Crippen molar-refractivity contribution < 1.29 is 13.2 Å². The van der Waals surface area contributed by atoms with Crippen molar-refractivity contribution in [3.05, 3.63) is 64.2 Å². The number of hydrogen-bond acceptors (Lipinski definition) is 3. The minimum atomic E-state index is -3.59. The fourth-order valence-corrected chi connectivity index (χ4v) is 4.66. The molecule has 3 rings (SSSR count). The molecule has 6 heteroatoms. The summed E-state index contributed by atoms with van der Waals surface area (Å²) in [7, 11) is -3.59. The summed E-state index contributed by atoms with van der Waals surface area (Å²) in [5.74, 6) is -0.320. The fraction of sp³-hybridized carbons (Fsp3) is 0.409.